The van der Waals surface area contributed by atoms with Crippen molar-refractivity contribution in [1.29, 1.82) is 0 Å². The number of anilines is 1. The summed E-state index contributed by atoms with van der Waals surface area (Å²) >= 11 is 11.1. The van der Waals surface area contributed by atoms with E-state index in [1.807, 2.05) is 0 Å². The Labute approximate surface area is 192 Å². The molecule has 8 nitrogen and oxygen atoms in total. The average Bonchev–Trinajstić information content (AvgIpc) is 3.20. The van der Waals surface area contributed by atoms with E-state index in [0.29, 0.717) is 22.1 Å². The molecule has 0 radical (unpaired) electrons. The van der Waals surface area contributed by atoms with Gasteiger partial charge in [-0.2, -0.15) is 0 Å². The van der Waals surface area contributed by atoms with Crippen LogP contribution in [0.5, 0.6) is 0 Å². The van der Waals surface area contributed by atoms with Crippen molar-refractivity contribution in [2.45, 2.75) is 6.92 Å². The molecule has 3 aromatic rings. The molecule has 0 bridgehead atoms. The maximum atomic E-state index is 13.2. The molecule has 0 atom stereocenters. The van der Waals surface area contributed by atoms with Crippen molar-refractivity contribution in [2.24, 2.45) is 0 Å². The second-order valence-electron chi connectivity index (χ2n) is 6.99. The molecule has 1 fully saturated rings. The highest BCUT2D eigenvalue weighted by molar-refractivity contribution is 7.80. The molecule has 4 rings (SSSR count). The van der Waals surface area contributed by atoms with E-state index >= 15 is 0 Å². The first-order valence-electron chi connectivity index (χ1n) is 9.36. The zero-order chi connectivity index (χ0) is 23.0. The molecule has 1 aromatic heterocycles. The number of amides is 2. The summed E-state index contributed by atoms with van der Waals surface area (Å²) in [5.41, 5.74) is 1.65. The molecule has 1 aliphatic rings. The van der Waals surface area contributed by atoms with E-state index in [2.05, 4.69) is 5.32 Å². The lowest BCUT2D eigenvalue weighted by Gasteiger charge is -2.29. The zero-order valence-electron chi connectivity index (χ0n) is 16.6. The Kier molecular flexibility index (Phi) is 5.60. The molecule has 0 aliphatic carbocycles. The third-order valence-electron chi connectivity index (χ3n) is 4.85. The van der Waals surface area contributed by atoms with E-state index < -0.39 is 16.7 Å². The quantitative estimate of drug-likeness (QED) is 0.204. The second kappa shape index (κ2) is 8.37. The fraction of sp³-hybridized carbons (Fsp3) is 0.0455. The van der Waals surface area contributed by atoms with Crippen LogP contribution in [0.15, 0.2) is 66.4 Å². The predicted molar refractivity (Wildman–Crippen MR) is 125 cm³/mol. The van der Waals surface area contributed by atoms with Gasteiger partial charge in [0.25, 0.3) is 17.5 Å². The summed E-state index contributed by atoms with van der Waals surface area (Å²) in [4.78, 5) is 38.1. The van der Waals surface area contributed by atoms with Crippen LogP contribution in [0.4, 0.5) is 11.4 Å². The van der Waals surface area contributed by atoms with Crippen LogP contribution >= 0.6 is 23.8 Å². The van der Waals surface area contributed by atoms with Crippen molar-refractivity contribution in [1.82, 2.24) is 9.88 Å². The van der Waals surface area contributed by atoms with Gasteiger partial charge in [-0.3, -0.25) is 29.9 Å². The van der Waals surface area contributed by atoms with E-state index in [1.165, 1.54) is 17.0 Å². The highest BCUT2D eigenvalue weighted by Gasteiger charge is 2.34. The number of rotatable bonds is 4. The number of nitro groups is 1. The lowest BCUT2D eigenvalue weighted by atomic mass is 10.1. The molecule has 0 spiro atoms. The first-order chi connectivity index (χ1) is 15.3. The van der Waals surface area contributed by atoms with Gasteiger partial charge in [0, 0.05) is 23.0 Å². The smallest absolute Gasteiger partial charge is 0.293 e. The van der Waals surface area contributed by atoms with Crippen LogP contribution in [0.3, 0.4) is 0 Å². The van der Waals surface area contributed by atoms with Gasteiger partial charge in [-0.05, 0) is 73.2 Å². The molecule has 2 aromatic carbocycles. The molecule has 0 unspecified atom stereocenters. The van der Waals surface area contributed by atoms with E-state index in [4.69, 9.17) is 23.8 Å². The maximum absolute atomic E-state index is 13.2. The van der Waals surface area contributed by atoms with Crippen LogP contribution in [0.1, 0.15) is 11.3 Å². The number of nitrogens with zero attached hydrogens (tertiary/aromatic N) is 3. The monoisotopic (exact) mass is 466 g/mol. The summed E-state index contributed by atoms with van der Waals surface area (Å²) in [7, 11) is 0. The van der Waals surface area contributed by atoms with E-state index in [0.717, 1.165) is 5.56 Å². The van der Waals surface area contributed by atoms with Gasteiger partial charge in [-0.1, -0.05) is 17.7 Å². The Morgan fingerprint density at radius 3 is 2.53 bits per heavy atom. The number of hydrogen-bond acceptors (Lipinski definition) is 5. The minimum absolute atomic E-state index is 0.0518. The van der Waals surface area contributed by atoms with Gasteiger partial charge in [0.05, 0.1) is 10.6 Å². The van der Waals surface area contributed by atoms with E-state index in [9.17, 15) is 19.7 Å². The van der Waals surface area contributed by atoms with Gasteiger partial charge in [0.1, 0.15) is 11.3 Å². The van der Waals surface area contributed by atoms with Gasteiger partial charge in [0.15, 0.2) is 5.11 Å². The molecule has 32 heavy (non-hydrogen) atoms. The van der Waals surface area contributed by atoms with Gasteiger partial charge in [-0.15, -0.1) is 0 Å². The van der Waals surface area contributed by atoms with Gasteiger partial charge >= 0.3 is 0 Å². The van der Waals surface area contributed by atoms with Crippen LogP contribution < -0.4 is 10.2 Å². The minimum Gasteiger partial charge on any atom is -0.311 e. The predicted octanol–water partition coefficient (Wildman–Crippen LogP) is 4.18. The van der Waals surface area contributed by atoms with Gasteiger partial charge < -0.3 is 4.57 Å². The fourth-order valence-corrected chi connectivity index (χ4v) is 3.75. The van der Waals surface area contributed by atoms with Crippen molar-refractivity contribution in [3.05, 3.63) is 92.8 Å². The first-order valence-corrected chi connectivity index (χ1v) is 10.1. The summed E-state index contributed by atoms with van der Waals surface area (Å²) in [5, 5.41) is 14.5. The Bertz CT molecular complexity index is 1310. The average molecular weight is 467 g/mol. The topological polar surface area (TPSA) is 97.5 Å². The van der Waals surface area contributed by atoms with Crippen LogP contribution in [-0.4, -0.2) is 26.4 Å². The summed E-state index contributed by atoms with van der Waals surface area (Å²) in [6.07, 6.45) is 3.00. The number of nitrogens with one attached hydrogen (secondary N) is 1. The number of halogens is 1. The number of benzene rings is 2. The number of carbonyl (C=O) groups is 2. The van der Waals surface area contributed by atoms with Crippen molar-refractivity contribution >= 4 is 58.2 Å². The third-order valence-corrected chi connectivity index (χ3v) is 5.38. The normalized spacial score (nSPS) is 15.2. The minimum atomic E-state index is -0.656. The van der Waals surface area contributed by atoms with Crippen molar-refractivity contribution in [2.75, 3.05) is 4.90 Å². The Morgan fingerprint density at radius 1 is 1.12 bits per heavy atom. The molecular formula is C22H15ClN4O4S. The molecule has 2 heterocycles. The van der Waals surface area contributed by atoms with Gasteiger partial charge in [0.2, 0.25) is 0 Å². The molecule has 1 N–H and O–H groups in total. The van der Waals surface area contributed by atoms with E-state index in [1.54, 1.807) is 66.2 Å². The van der Waals surface area contributed by atoms with Crippen molar-refractivity contribution in [3.63, 3.8) is 0 Å². The Morgan fingerprint density at radius 2 is 1.84 bits per heavy atom. The highest BCUT2D eigenvalue weighted by Crippen LogP contribution is 2.28. The number of hydrogen-bond donors (Lipinski definition) is 1. The molecule has 0 saturated carbocycles. The summed E-state index contributed by atoms with van der Waals surface area (Å²) < 4.78 is 1.55. The zero-order valence-corrected chi connectivity index (χ0v) is 18.2. The number of carbonyl (C=O) groups excluding carboxylic acids is 2. The van der Waals surface area contributed by atoms with Crippen LogP contribution in [0.2, 0.25) is 5.02 Å². The lowest BCUT2D eigenvalue weighted by molar-refractivity contribution is -0.384. The standard InChI is InChI=1S/C22H15ClN4O4S/c1-13-4-9-18(19(11-13)27(30)31)25-10-2-3-16(25)12-17-20(28)24-22(32)26(21(17)29)15-7-5-14(23)6-8-15/h2-12H,1H3,(H,24,28,32). The first kappa shape index (κ1) is 21.4. The molecule has 2 amide bonds. The molecule has 1 saturated heterocycles. The largest absolute Gasteiger partial charge is 0.311 e. The second-order valence-corrected chi connectivity index (χ2v) is 7.81. The lowest BCUT2D eigenvalue weighted by Crippen LogP contribution is -2.54. The number of nitro benzene ring substituents is 1. The summed E-state index contributed by atoms with van der Waals surface area (Å²) in [6, 6.07) is 14.6. The third kappa shape index (κ3) is 3.91. The van der Waals surface area contributed by atoms with Gasteiger partial charge in [-0.25, -0.2) is 0 Å². The molecular weight excluding hydrogens is 452 g/mol. The molecule has 160 valence electrons. The number of aromatic nitrogens is 1. The molecule has 10 heteroatoms. The Balaban J connectivity index is 1.78. The van der Waals surface area contributed by atoms with Crippen LogP contribution in [-0.2, 0) is 9.59 Å². The number of thiocarbonyl (C=S) groups is 1. The van der Waals surface area contributed by atoms with E-state index in [-0.39, 0.29) is 16.4 Å². The fourth-order valence-electron chi connectivity index (χ4n) is 3.34. The summed E-state index contributed by atoms with van der Waals surface area (Å²) in [5.74, 6) is -1.27. The maximum Gasteiger partial charge on any atom is 0.293 e. The number of aryl methyl sites for hydroxylation is 1. The SMILES string of the molecule is Cc1ccc(-n2cccc2C=C2C(=O)NC(=S)N(c3ccc(Cl)cc3)C2=O)c([N+](=O)[O-])c1. The molecule has 1 aliphatic heterocycles. The van der Waals surface area contributed by atoms with Crippen molar-refractivity contribution < 1.29 is 14.5 Å². The van der Waals surface area contributed by atoms with Crippen LogP contribution in [0, 0.1) is 17.0 Å². The summed E-state index contributed by atoms with van der Waals surface area (Å²) in [6.45, 7) is 1.76. The van der Waals surface area contributed by atoms with Crippen LogP contribution in [0.25, 0.3) is 11.8 Å². The Hall–Kier alpha value is -3.82. The van der Waals surface area contributed by atoms with Crippen molar-refractivity contribution in [3.8, 4) is 5.69 Å². The highest BCUT2D eigenvalue weighted by atomic mass is 35.5.